The van der Waals surface area contributed by atoms with E-state index in [1.165, 1.54) is 5.56 Å². The van der Waals surface area contributed by atoms with Crippen molar-refractivity contribution in [3.05, 3.63) is 35.4 Å². The Bertz CT molecular complexity index is 386. The molecule has 1 amide bonds. The fourth-order valence-corrected chi connectivity index (χ4v) is 2.15. The van der Waals surface area contributed by atoms with Crippen LogP contribution in [0, 0.1) is 12.8 Å². The maximum absolute atomic E-state index is 11.9. The first-order chi connectivity index (χ1) is 8.15. The highest BCUT2D eigenvalue weighted by Gasteiger charge is 2.24. The Balaban J connectivity index is 1.86. The number of nitrogens with one attached hydrogen (secondary N) is 2. The molecule has 2 N–H and O–H groups in total. The molecule has 2 rings (SSSR count). The number of benzene rings is 1. The second kappa shape index (κ2) is 5.32. The van der Waals surface area contributed by atoms with Crippen molar-refractivity contribution in [1.29, 1.82) is 0 Å². The summed E-state index contributed by atoms with van der Waals surface area (Å²) in [5, 5.41) is 6.37. The van der Waals surface area contributed by atoms with E-state index in [-0.39, 0.29) is 11.9 Å². The van der Waals surface area contributed by atoms with Crippen LogP contribution >= 0.6 is 0 Å². The first-order valence-electron chi connectivity index (χ1n) is 6.21. The standard InChI is InChI=1S/C14H20N2O/c1-10-3-5-12(6-4-10)7-14(17)16-13-9-15-8-11(13)2/h3-6,11,13,15H,7-9H2,1-2H3,(H,16,17). The second-order valence-electron chi connectivity index (χ2n) is 4.97. The van der Waals surface area contributed by atoms with Crippen LogP contribution in [0.4, 0.5) is 0 Å². The maximum atomic E-state index is 11.9. The van der Waals surface area contributed by atoms with Crippen molar-refractivity contribution in [2.75, 3.05) is 13.1 Å². The SMILES string of the molecule is Cc1ccc(CC(=O)NC2CNCC2C)cc1. The minimum Gasteiger partial charge on any atom is -0.351 e. The van der Waals surface area contributed by atoms with E-state index in [4.69, 9.17) is 0 Å². The van der Waals surface area contributed by atoms with Gasteiger partial charge in [-0.25, -0.2) is 0 Å². The first-order valence-corrected chi connectivity index (χ1v) is 6.21. The van der Waals surface area contributed by atoms with Gasteiger partial charge in [-0.1, -0.05) is 36.8 Å². The summed E-state index contributed by atoms with van der Waals surface area (Å²) in [6, 6.07) is 8.41. The summed E-state index contributed by atoms with van der Waals surface area (Å²) in [4.78, 5) is 11.9. The van der Waals surface area contributed by atoms with Crippen LogP contribution in [0.2, 0.25) is 0 Å². The molecule has 1 heterocycles. The molecule has 2 unspecified atom stereocenters. The van der Waals surface area contributed by atoms with Crippen LogP contribution < -0.4 is 10.6 Å². The van der Waals surface area contributed by atoms with E-state index in [9.17, 15) is 4.79 Å². The van der Waals surface area contributed by atoms with Crippen molar-refractivity contribution in [3.8, 4) is 0 Å². The van der Waals surface area contributed by atoms with Crippen molar-refractivity contribution in [3.63, 3.8) is 0 Å². The molecule has 3 nitrogen and oxygen atoms in total. The van der Waals surface area contributed by atoms with E-state index in [0.717, 1.165) is 18.7 Å². The highest BCUT2D eigenvalue weighted by molar-refractivity contribution is 5.78. The molecule has 3 heteroatoms. The smallest absolute Gasteiger partial charge is 0.224 e. The number of rotatable bonds is 3. The Labute approximate surface area is 103 Å². The van der Waals surface area contributed by atoms with Gasteiger partial charge >= 0.3 is 0 Å². The van der Waals surface area contributed by atoms with Crippen LogP contribution in [0.25, 0.3) is 0 Å². The molecule has 1 aliphatic rings. The predicted molar refractivity (Wildman–Crippen MR) is 68.8 cm³/mol. The summed E-state index contributed by atoms with van der Waals surface area (Å²) in [6.45, 7) is 6.10. The van der Waals surface area contributed by atoms with Gasteiger partial charge in [-0.3, -0.25) is 4.79 Å². The van der Waals surface area contributed by atoms with Crippen LogP contribution in [0.15, 0.2) is 24.3 Å². The van der Waals surface area contributed by atoms with E-state index < -0.39 is 0 Å². The molecule has 92 valence electrons. The summed E-state index contributed by atoms with van der Waals surface area (Å²) >= 11 is 0. The Morgan fingerprint density at radius 1 is 1.35 bits per heavy atom. The number of hydrogen-bond acceptors (Lipinski definition) is 2. The molecule has 0 aliphatic carbocycles. The van der Waals surface area contributed by atoms with Gasteiger partial charge in [0.05, 0.1) is 6.42 Å². The number of carbonyl (C=O) groups excluding carboxylic acids is 1. The minimum absolute atomic E-state index is 0.120. The van der Waals surface area contributed by atoms with Gasteiger partial charge in [0.2, 0.25) is 5.91 Å². The molecule has 1 aromatic rings. The van der Waals surface area contributed by atoms with Crippen LogP contribution in [0.3, 0.4) is 0 Å². The van der Waals surface area contributed by atoms with Gasteiger partial charge < -0.3 is 10.6 Å². The van der Waals surface area contributed by atoms with Crippen molar-refractivity contribution in [1.82, 2.24) is 10.6 Å². The topological polar surface area (TPSA) is 41.1 Å². The number of hydrogen-bond donors (Lipinski definition) is 2. The third kappa shape index (κ3) is 3.30. The number of aryl methyl sites for hydroxylation is 1. The molecule has 0 aromatic heterocycles. The minimum atomic E-state index is 0.120. The summed E-state index contributed by atoms with van der Waals surface area (Å²) in [5.74, 6) is 0.645. The zero-order valence-corrected chi connectivity index (χ0v) is 10.5. The lowest BCUT2D eigenvalue weighted by Gasteiger charge is -2.16. The Morgan fingerprint density at radius 2 is 2.06 bits per heavy atom. The third-order valence-electron chi connectivity index (χ3n) is 3.35. The third-order valence-corrected chi connectivity index (χ3v) is 3.35. The van der Waals surface area contributed by atoms with Crippen molar-refractivity contribution in [2.24, 2.45) is 5.92 Å². The molecule has 0 radical (unpaired) electrons. The molecule has 0 saturated carbocycles. The fourth-order valence-electron chi connectivity index (χ4n) is 2.15. The molecule has 1 saturated heterocycles. The highest BCUT2D eigenvalue weighted by Crippen LogP contribution is 2.08. The Morgan fingerprint density at radius 3 is 2.65 bits per heavy atom. The molecule has 1 aromatic carbocycles. The van der Waals surface area contributed by atoms with Crippen LogP contribution in [0.5, 0.6) is 0 Å². The van der Waals surface area contributed by atoms with Gasteiger partial charge in [-0.05, 0) is 24.9 Å². The van der Waals surface area contributed by atoms with Crippen LogP contribution in [-0.2, 0) is 11.2 Å². The largest absolute Gasteiger partial charge is 0.351 e. The Hall–Kier alpha value is -1.35. The number of carbonyl (C=O) groups is 1. The normalized spacial score (nSPS) is 23.6. The van der Waals surface area contributed by atoms with E-state index in [1.54, 1.807) is 0 Å². The maximum Gasteiger partial charge on any atom is 0.224 e. The van der Waals surface area contributed by atoms with Gasteiger partial charge in [0.25, 0.3) is 0 Å². The molecular weight excluding hydrogens is 212 g/mol. The first kappa shape index (κ1) is 12.1. The molecular formula is C14H20N2O. The van der Waals surface area contributed by atoms with E-state index in [2.05, 4.69) is 24.5 Å². The summed E-state index contributed by atoms with van der Waals surface area (Å²) in [5.41, 5.74) is 2.30. The van der Waals surface area contributed by atoms with Gasteiger partial charge in [0.15, 0.2) is 0 Å². The van der Waals surface area contributed by atoms with E-state index in [1.807, 2.05) is 24.3 Å². The van der Waals surface area contributed by atoms with Gasteiger partial charge in [-0.2, -0.15) is 0 Å². The predicted octanol–water partition coefficient (Wildman–Crippen LogP) is 1.26. The second-order valence-corrected chi connectivity index (χ2v) is 4.97. The molecule has 2 atom stereocenters. The van der Waals surface area contributed by atoms with Gasteiger partial charge in [0, 0.05) is 12.6 Å². The zero-order chi connectivity index (χ0) is 12.3. The fraction of sp³-hybridized carbons (Fsp3) is 0.500. The monoisotopic (exact) mass is 232 g/mol. The van der Waals surface area contributed by atoms with Crippen molar-refractivity contribution in [2.45, 2.75) is 26.3 Å². The molecule has 0 spiro atoms. The lowest BCUT2D eigenvalue weighted by atomic mass is 10.1. The van der Waals surface area contributed by atoms with E-state index in [0.29, 0.717) is 12.3 Å². The lowest BCUT2D eigenvalue weighted by molar-refractivity contribution is -0.121. The molecule has 17 heavy (non-hydrogen) atoms. The van der Waals surface area contributed by atoms with Gasteiger partial charge in [0.1, 0.15) is 0 Å². The van der Waals surface area contributed by atoms with Crippen molar-refractivity contribution >= 4 is 5.91 Å². The molecule has 0 bridgehead atoms. The highest BCUT2D eigenvalue weighted by atomic mass is 16.1. The summed E-state index contributed by atoms with van der Waals surface area (Å²) < 4.78 is 0. The number of amides is 1. The molecule has 1 aliphatic heterocycles. The Kier molecular flexibility index (Phi) is 3.79. The zero-order valence-electron chi connectivity index (χ0n) is 10.5. The van der Waals surface area contributed by atoms with Crippen molar-refractivity contribution < 1.29 is 4.79 Å². The molecule has 1 fully saturated rings. The summed E-state index contributed by atoms with van der Waals surface area (Å²) in [6.07, 6.45) is 0.476. The summed E-state index contributed by atoms with van der Waals surface area (Å²) in [7, 11) is 0. The van der Waals surface area contributed by atoms with Gasteiger partial charge in [-0.15, -0.1) is 0 Å². The quantitative estimate of drug-likeness (QED) is 0.824. The van der Waals surface area contributed by atoms with Crippen LogP contribution in [-0.4, -0.2) is 25.0 Å². The lowest BCUT2D eigenvalue weighted by Crippen LogP contribution is -2.40. The van der Waals surface area contributed by atoms with Crippen LogP contribution in [0.1, 0.15) is 18.1 Å². The van der Waals surface area contributed by atoms with E-state index >= 15 is 0 Å². The average molecular weight is 232 g/mol. The average Bonchev–Trinajstić information content (AvgIpc) is 2.68.